The van der Waals surface area contributed by atoms with Crippen LogP contribution in [0.25, 0.3) is 10.6 Å². The third-order valence-corrected chi connectivity index (χ3v) is 5.19. The Morgan fingerprint density at radius 1 is 1.33 bits per heavy atom. The van der Waals surface area contributed by atoms with E-state index in [1.165, 1.54) is 11.3 Å². The van der Waals surface area contributed by atoms with Gasteiger partial charge in [-0.1, -0.05) is 6.07 Å². The molecule has 0 aliphatic heterocycles. The SMILES string of the molecule is O=C(Nc1nc(-c2cccs2)cs1)[C@@H]1C[C@H]1c1ccco1. The summed E-state index contributed by atoms with van der Waals surface area (Å²) in [6.07, 6.45) is 2.50. The minimum absolute atomic E-state index is 0.00485. The molecule has 1 aliphatic carbocycles. The first-order valence-corrected chi connectivity index (χ1v) is 8.41. The highest BCUT2D eigenvalue weighted by Gasteiger charge is 2.46. The van der Waals surface area contributed by atoms with Crippen LogP contribution in [0.5, 0.6) is 0 Å². The highest BCUT2D eigenvalue weighted by atomic mass is 32.1. The van der Waals surface area contributed by atoms with Gasteiger partial charge in [-0.2, -0.15) is 0 Å². The maximum atomic E-state index is 12.2. The molecular formula is C15H12N2O2S2. The predicted molar refractivity (Wildman–Crippen MR) is 83.6 cm³/mol. The molecule has 3 heterocycles. The van der Waals surface area contributed by atoms with Crippen molar-refractivity contribution in [3.05, 3.63) is 47.0 Å². The molecule has 0 bridgehead atoms. The molecule has 6 heteroatoms. The van der Waals surface area contributed by atoms with E-state index in [0.717, 1.165) is 22.8 Å². The summed E-state index contributed by atoms with van der Waals surface area (Å²) in [6, 6.07) is 7.81. The molecule has 0 saturated heterocycles. The fourth-order valence-electron chi connectivity index (χ4n) is 2.37. The van der Waals surface area contributed by atoms with Gasteiger partial charge >= 0.3 is 0 Å². The number of nitrogens with one attached hydrogen (secondary N) is 1. The van der Waals surface area contributed by atoms with Crippen LogP contribution in [-0.2, 0) is 4.79 Å². The van der Waals surface area contributed by atoms with Crippen LogP contribution in [0.2, 0.25) is 0 Å². The first-order chi connectivity index (χ1) is 10.3. The standard InChI is InChI=1S/C15H12N2O2S2/c18-14(10-7-9(10)12-3-1-5-19-12)17-15-16-11(8-21-15)13-4-2-6-20-13/h1-6,8-10H,7H2,(H,16,17,18)/t9-,10-/m1/s1. The van der Waals surface area contributed by atoms with Crippen molar-refractivity contribution in [2.45, 2.75) is 12.3 Å². The number of carbonyl (C=O) groups is 1. The number of anilines is 1. The van der Waals surface area contributed by atoms with Crippen LogP contribution in [0.1, 0.15) is 18.1 Å². The van der Waals surface area contributed by atoms with Gasteiger partial charge in [0.05, 0.1) is 16.8 Å². The minimum Gasteiger partial charge on any atom is -0.469 e. The summed E-state index contributed by atoms with van der Waals surface area (Å²) in [5, 5.41) is 7.56. The lowest BCUT2D eigenvalue weighted by molar-refractivity contribution is -0.117. The number of thiazole rings is 1. The number of amides is 1. The van der Waals surface area contributed by atoms with Crippen molar-refractivity contribution in [3.63, 3.8) is 0 Å². The van der Waals surface area contributed by atoms with Gasteiger partial charge in [0.1, 0.15) is 5.76 Å². The molecule has 0 radical (unpaired) electrons. The second-order valence-corrected chi connectivity index (χ2v) is 6.77. The Morgan fingerprint density at radius 2 is 2.29 bits per heavy atom. The maximum Gasteiger partial charge on any atom is 0.230 e. The second-order valence-electron chi connectivity index (χ2n) is 4.97. The van der Waals surface area contributed by atoms with E-state index >= 15 is 0 Å². The summed E-state index contributed by atoms with van der Waals surface area (Å²) in [6.45, 7) is 0. The normalized spacial score (nSPS) is 20.4. The lowest BCUT2D eigenvalue weighted by Gasteiger charge is -1.99. The fraction of sp³-hybridized carbons (Fsp3) is 0.200. The molecule has 1 amide bonds. The Balaban J connectivity index is 1.42. The second kappa shape index (κ2) is 5.13. The number of nitrogens with zero attached hydrogens (tertiary/aromatic N) is 1. The van der Waals surface area contributed by atoms with Gasteiger partial charge < -0.3 is 9.73 Å². The zero-order valence-corrected chi connectivity index (χ0v) is 12.6. The van der Waals surface area contributed by atoms with Gasteiger partial charge in [-0.05, 0) is 30.0 Å². The zero-order valence-electron chi connectivity index (χ0n) is 11.0. The molecule has 0 spiro atoms. The molecule has 1 N–H and O–H groups in total. The number of hydrogen-bond donors (Lipinski definition) is 1. The highest BCUT2D eigenvalue weighted by molar-refractivity contribution is 7.16. The summed E-state index contributed by atoms with van der Waals surface area (Å²) in [5.41, 5.74) is 0.920. The Kier molecular flexibility index (Phi) is 3.12. The number of rotatable bonds is 4. The number of hydrogen-bond acceptors (Lipinski definition) is 5. The van der Waals surface area contributed by atoms with Crippen LogP contribution in [0.3, 0.4) is 0 Å². The largest absolute Gasteiger partial charge is 0.469 e. The van der Waals surface area contributed by atoms with Gasteiger partial charge in [-0.25, -0.2) is 4.98 Å². The van der Waals surface area contributed by atoms with E-state index in [9.17, 15) is 4.79 Å². The Hall–Kier alpha value is -1.92. The van der Waals surface area contributed by atoms with Gasteiger partial charge in [-0.15, -0.1) is 22.7 Å². The Labute approximate surface area is 129 Å². The molecule has 0 aromatic carbocycles. The third-order valence-electron chi connectivity index (χ3n) is 3.54. The number of thiophene rings is 1. The molecule has 21 heavy (non-hydrogen) atoms. The van der Waals surface area contributed by atoms with Crippen LogP contribution in [0.4, 0.5) is 5.13 Å². The zero-order chi connectivity index (χ0) is 14.2. The van der Waals surface area contributed by atoms with E-state index in [1.54, 1.807) is 17.6 Å². The average Bonchev–Trinajstić information content (AvgIpc) is 2.99. The van der Waals surface area contributed by atoms with E-state index < -0.39 is 0 Å². The van der Waals surface area contributed by atoms with Crippen molar-refractivity contribution in [2.75, 3.05) is 5.32 Å². The molecule has 4 nitrogen and oxygen atoms in total. The number of carbonyl (C=O) groups excluding carboxylic acids is 1. The summed E-state index contributed by atoms with van der Waals surface area (Å²) in [7, 11) is 0. The summed E-state index contributed by atoms with van der Waals surface area (Å²) in [5.74, 6) is 1.15. The lowest BCUT2D eigenvalue weighted by Crippen LogP contribution is -2.14. The van der Waals surface area contributed by atoms with Crippen molar-refractivity contribution in [1.82, 2.24) is 4.98 Å². The molecule has 4 rings (SSSR count). The number of furan rings is 1. The van der Waals surface area contributed by atoms with Gasteiger partial charge in [0.2, 0.25) is 5.91 Å². The molecule has 2 atom stereocenters. The molecule has 1 fully saturated rings. The van der Waals surface area contributed by atoms with E-state index in [-0.39, 0.29) is 17.7 Å². The Morgan fingerprint density at radius 3 is 3.05 bits per heavy atom. The quantitative estimate of drug-likeness (QED) is 0.784. The Bertz CT molecular complexity index is 747. The highest BCUT2D eigenvalue weighted by Crippen LogP contribution is 2.48. The van der Waals surface area contributed by atoms with Crippen LogP contribution in [-0.4, -0.2) is 10.9 Å². The fourth-order valence-corrected chi connectivity index (χ4v) is 3.84. The summed E-state index contributed by atoms with van der Waals surface area (Å²) < 4.78 is 5.35. The first kappa shape index (κ1) is 12.8. The van der Waals surface area contributed by atoms with Crippen molar-refractivity contribution in [2.24, 2.45) is 5.92 Å². The van der Waals surface area contributed by atoms with Crippen molar-refractivity contribution < 1.29 is 9.21 Å². The maximum absolute atomic E-state index is 12.2. The van der Waals surface area contributed by atoms with Crippen LogP contribution >= 0.6 is 22.7 Å². The molecule has 1 aliphatic rings. The number of aromatic nitrogens is 1. The first-order valence-electron chi connectivity index (χ1n) is 6.65. The van der Waals surface area contributed by atoms with E-state index in [4.69, 9.17) is 4.42 Å². The van der Waals surface area contributed by atoms with Crippen molar-refractivity contribution >= 4 is 33.7 Å². The van der Waals surface area contributed by atoms with Gasteiger partial charge in [0.15, 0.2) is 5.13 Å². The monoisotopic (exact) mass is 316 g/mol. The van der Waals surface area contributed by atoms with E-state index in [1.807, 2.05) is 35.0 Å². The van der Waals surface area contributed by atoms with Crippen molar-refractivity contribution in [1.29, 1.82) is 0 Å². The predicted octanol–water partition coefficient (Wildman–Crippen LogP) is 4.21. The molecular weight excluding hydrogens is 304 g/mol. The molecule has 0 unspecified atom stereocenters. The van der Waals surface area contributed by atoms with E-state index in [0.29, 0.717) is 5.13 Å². The molecule has 3 aromatic rings. The minimum atomic E-state index is 0.00485. The van der Waals surface area contributed by atoms with Crippen molar-refractivity contribution in [3.8, 4) is 10.6 Å². The molecule has 106 valence electrons. The smallest absolute Gasteiger partial charge is 0.230 e. The van der Waals surface area contributed by atoms with E-state index in [2.05, 4.69) is 10.3 Å². The summed E-state index contributed by atoms with van der Waals surface area (Å²) in [4.78, 5) is 17.8. The van der Waals surface area contributed by atoms with Crippen LogP contribution in [0, 0.1) is 5.92 Å². The topological polar surface area (TPSA) is 55.1 Å². The third kappa shape index (κ3) is 2.52. The van der Waals surface area contributed by atoms with Crippen LogP contribution in [0.15, 0.2) is 45.7 Å². The van der Waals surface area contributed by atoms with Gasteiger partial charge in [0.25, 0.3) is 0 Å². The molecule has 1 saturated carbocycles. The summed E-state index contributed by atoms with van der Waals surface area (Å²) >= 11 is 3.10. The van der Waals surface area contributed by atoms with Crippen LogP contribution < -0.4 is 5.32 Å². The average molecular weight is 316 g/mol. The van der Waals surface area contributed by atoms with Gasteiger partial charge in [-0.3, -0.25) is 4.79 Å². The van der Waals surface area contributed by atoms with Gasteiger partial charge in [0, 0.05) is 17.2 Å². The lowest BCUT2D eigenvalue weighted by atomic mass is 10.2. The molecule has 3 aromatic heterocycles.